The topological polar surface area (TPSA) is 84.8 Å². The average molecular weight is 349 g/mol. The van der Waals surface area contributed by atoms with E-state index in [9.17, 15) is 5.26 Å². The van der Waals surface area contributed by atoms with Gasteiger partial charge >= 0.3 is 0 Å². The molecule has 0 aliphatic carbocycles. The standard InChI is InChI=1S/C18H9ClN4O2/c19-13-3-6-16-15(8-13)12(9-20)7-17(22-16)25-14-4-1-11(2-5-14)18-23-21-10-24-18/h1-8,10H. The highest BCUT2D eigenvalue weighted by Gasteiger charge is 2.09. The van der Waals surface area contributed by atoms with E-state index in [1.165, 1.54) is 6.39 Å². The van der Waals surface area contributed by atoms with Crippen molar-refractivity contribution in [2.45, 2.75) is 0 Å². The minimum Gasteiger partial charge on any atom is -0.439 e. The van der Waals surface area contributed by atoms with E-state index in [1.807, 2.05) is 0 Å². The zero-order valence-corrected chi connectivity index (χ0v) is 13.4. The Morgan fingerprint density at radius 2 is 1.92 bits per heavy atom. The number of hydrogen-bond donors (Lipinski definition) is 0. The Kier molecular flexibility index (Phi) is 3.77. The van der Waals surface area contributed by atoms with E-state index in [2.05, 4.69) is 21.3 Å². The summed E-state index contributed by atoms with van der Waals surface area (Å²) < 4.78 is 10.9. The van der Waals surface area contributed by atoms with Gasteiger partial charge in [-0.2, -0.15) is 5.26 Å². The lowest BCUT2D eigenvalue weighted by Gasteiger charge is -2.08. The first kappa shape index (κ1) is 15.1. The molecule has 0 N–H and O–H groups in total. The average Bonchev–Trinajstić information content (AvgIpc) is 3.17. The van der Waals surface area contributed by atoms with Gasteiger partial charge in [-0.05, 0) is 42.5 Å². The van der Waals surface area contributed by atoms with Crippen LogP contribution in [-0.2, 0) is 0 Å². The van der Waals surface area contributed by atoms with Crippen molar-refractivity contribution in [3.63, 3.8) is 0 Å². The highest BCUT2D eigenvalue weighted by atomic mass is 35.5. The first-order valence-corrected chi connectivity index (χ1v) is 7.65. The minimum absolute atomic E-state index is 0.330. The van der Waals surface area contributed by atoms with Gasteiger partial charge in [0, 0.05) is 22.0 Å². The van der Waals surface area contributed by atoms with Gasteiger partial charge in [0.1, 0.15) is 11.8 Å². The second-order valence-corrected chi connectivity index (χ2v) is 5.59. The van der Waals surface area contributed by atoms with Gasteiger partial charge in [-0.3, -0.25) is 0 Å². The Hall–Kier alpha value is -3.43. The number of pyridine rings is 1. The quantitative estimate of drug-likeness (QED) is 0.537. The molecule has 2 heterocycles. The number of hydrogen-bond acceptors (Lipinski definition) is 6. The lowest BCUT2D eigenvalue weighted by molar-refractivity contribution is 0.465. The summed E-state index contributed by atoms with van der Waals surface area (Å²) in [5.41, 5.74) is 1.87. The van der Waals surface area contributed by atoms with Gasteiger partial charge in [0.2, 0.25) is 18.2 Å². The van der Waals surface area contributed by atoms with Crippen molar-refractivity contribution in [3.05, 3.63) is 65.5 Å². The maximum atomic E-state index is 9.36. The molecule has 0 aliphatic heterocycles. The van der Waals surface area contributed by atoms with Gasteiger partial charge in [0.15, 0.2) is 0 Å². The maximum absolute atomic E-state index is 9.36. The van der Waals surface area contributed by atoms with Crippen molar-refractivity contribution in [1.29, 1.82) is 5.26 Å². The summed E-state index contributed by atoms with van der Waals surface area (Å²) in [5, 5.41) is 18.1. The van der Waals surface area contributed by atoms with E-state index in [1.54, 1.807) is 48.5 Å². The molecule has 0 aliphatic rings. The van der Waals surface area contributed by atoms with Gasteiger partial charge in [-0.1, -0.05) is 11.6 Å². The van der Waals surface area contributed by atoms with Crippen molar-refractivity contribution < 1.29 is 9.15 Å². The van der Waals surface area contributed by atoms with Crippen LogP contribution in [0.1, 0.15) is 5.56 Å². The molecule has 0 spiro atoms. The SMILES string of the molecule is N#Cc1cc(Oc2ccc(-c3nnco3)cc2)nc2ccc(Cl)cc12. The van der Waals surface area contributed by atoms with Crippen LogP contribution >= 0.6 is 11.6 Å². The molecule has 120 valence electrons. The number of nitrogens with zero attached hydrogens (tertiary/aromatic N) is 4. The molecule has 2 aromatic carbocycles. The molecule has 0 bridgehead atoms. The van der Waals surface area contributed by atoms with Crippen LogP contribution in [0.15, 0.2) is 59.3 Å². The molecule has 4 rings (SSSR count). The monoisotopic (exact) mass is 348 g/mol. The molecule has 0 amide bonds. The first-order chi connectivity index (χ1) is 12.2. The van der Waals surface area contributed by atoms with Crippen LogP contribution in [0.25, 0.3) is 22.4 Å². The number of benzene rings is 2. The van der Waals surface area contributed by atoms with Crippen LogP contribution in [0.3, 0.4) is 0 Å². The molecule has 25 heavy (non-hydrogen) atoms. The second kappa shape index (κ2) is 6.23. The van der Waals surface area contributed by atoms with Crippen LogP contribution in [0.2, 0.25) is 5.02 Å². The van der Waals surface area contributed by atoms with Crippen molar-refractivity contribution in [1.82, 2.24) is 15.2 Å². The van der Waals surface area contributed by atoms with E-state index < -0.39 is 0 Å². The number of fused-ring (bicyclic) bond motifs is 1. The van der Waals surface area contributed by atoms with Gasteiger partial charge in [0.25, 0.3) is 0 Å². The van der Waals surface area contributed by atoms with Gasteiger partial charge in [0.05, 0.1) is 11.1 Å². The van der Waals surface area contributed by atoms with Gasteiger partial charge < -0.3 is 9.15 Å². The number of rotatable bonds is 3. The molecule has 4 aromatic rings. The summed E-state index contributed by atoms with van der Waals surface area (Å²) in [5.74, 6) is 1.34. The largest absolute Gasteiger partial charge is 0.439 e. The van der Waals surface area contributed by atoms with Crippen molar-refractivity contribution in [2.24, 2.45) is 0 Å². The Morgan fingerprint density at radius 1 is 1.08 bits per heavy atom. The van der Waals surface area contributed by atoms with Gasteiger partial charge in [-0.15, -0.1) is 10.2 Å². The summed E-state index contributed by atoms with van der Waals surface area (Å²) in [4.78, 5) is 4.42. The molecule has 2 aromatic heterocycles. The molecule has 0 atom stereocenters. The van der Waals surface area contributed by atoms with E-state index in [0.29, 0.717) is 39.0 Å². The number of ether oxygens (including phenoxy) is 1. The Balaban J connectivity index is 1.66. The number of halogens is 1. The predicted molar refractivity (Wildman–Crippen MR) is 91.3 cm³/mol. The molecule has 6 nitrogen and oxygen atoms in total. The molecular formula is C18H9ClN4O2. The summed E-state index contributed by atoms with van der Waals surface area (Å²) in [6.45, 7) is 0. The summed E-state index contributed by atoms with van der Waals surface area (Å²) in [7, 11) is 0. The molecule has 0 fully saturated rings. The fraction of sp³-hybridized carbons (Fsp3) is 0. The number of aromatic nitrogens is 3. The third kappa shape index (κ3) is 3.01. The molecule has 0 unspecified atom stereocenters. The molecule has 0 radical (unpaired) electrons. The summed E-state index contributed by atoms with van der Waals surface area (Å²) >= 11 is 5.99. The second-order valence-electron chi connectivity index (χ2n) is 5.15. The van der Waals surface area contributed by atoms with Crippen LogP contribution in [0.5, 0.6) is 11.6 Å². The fourth-order valence-corrected chi connectivity index (χ4v) is 2.58. The van der Waals surface area contributed by atoms with Crippen molar-refractivity contribution >= 4 is 22.5 Å². The molecule has 7 heteroatoms. The van der Waals surface area contributed by atoms with Crippen LogP contribution in [0.4, 0.5) is 0 Å². The summed E-state index contributed by atoms with van der Waals surface area (Å²) in [6, 6.07) is 16.1. The van der Waals surface area contributed by atoms with Crippen LogP contribution in [-0.4, -0.2) is 15.2 Å². The van der Waals surface area contributed by atoms with E-state index in [0.717, 1.165) is 5.56 Å². The molecule has 0 saturated carbocycles. The third-order valence-corrected chi connectivity index (χ3v) is 3.79. The highest BCUT2D eigenvalue weighted by molar-refractivity contribution is 6.31. The third-order valence-electron chi connectivity index (χ3n) is 3.55. The van der Waals surface area contributed by atoms with Crippen LogP contribution in [0, 0.1) is 11.3 Å². The summed E-state index contributed by atoms with van der Waals surface area (Å²) in [6.07, 6.45) is 1.27. The molecule has 0 saturated heterocycles. The van der Waals surface area contributed by atoms with Crippen LogP contribution < -0.4 is 4.74 Å². The Bertz CT molecular complexity index is 1090. The normalized spacial score (nSPS) is 10.6. The first-order valence-electron chi connectivity index (χ1n) is 7.28. The molecular weight excluding hydrogens is 340 g/mol. The van der Waals surface area contributed by atoms with E-state index >= 15 is 0 Å². The van der Waals surface area contributed by atoms with E-state index in [-0.39, 0.29) is 0 Å². The lowest BCUT2D eigenvalue weighted by Crippen LogP contribution is -1.92. The minimum atomic E-state index is 0.330. The fourth-order valence-electron chi connectivity index (χ4n) is 2.40. The maximum Gasteiger partial charge on any atom is 0.247 e. The predicted octanol–water partition coefficient (Wildman–Crippen LogP) is 4.60. The lowest BCUT2D eigenvalue weighted by atomic mass is 10.1. The van der Waals surface area contributed by atoms with Gasteiger partial charge in [-0.25, -0.2) is 4.98 Å². The van der Waals surface area contributed by atoms with E-state index in [4.69, 9.17) is 20.8 Å². The Labute approximate surface area is 147 Å². The Morgan fingerprint density at radius 3 is 2.64 bits per heavy atom. The van der Waals surface area contributed by atoms with Crippen molar-refractivity contribution in [3.8, 4) is 29.2 Å². The zero-order chi connectivity index (χ0) is 17.2. The number of nitriles is 1. The zero-order valence-electron chi connectivity index (χ0n) is 12.7. The smallest absolute Gasteiger partial charge is 0.247 e. The van der Waals surface area contributed by atoms with Crippen molar-refractivity contribution in [2.75, 3.05) is 0 Å². The highest BCUT2D eigenvalue weighted by Crippen LogP contribution is 2.28.